The van der Waals surface area contributed by atoms with Gasteiger partial charge in [-0.25, -0.2) is 8.78 Å². The van der Waals surface area contributed by atoms with Crippen LogP contribution in [-0.4, -0.2) is 10.5 Å². The van der Waals surface area contributed by atoms with Crippen molar-refractivity contribution in [3.05, 3.63) is 75.0 Å². The Kier molecular flexibility index (Phi) is 4.78. The summed E-state index contributed by atoms with van der Waals surface area (Å²) < 4.78 is 28.4. The van der Waals surface area contributed by atoms with E-state index in [0.717, 1.165) is 12.1 Å². The van der Waals surface area contributed by atoms with E-state index >= 15 is 0 Å². The van der Waals surface area contributed by atoms with Gasteiger partial charge in [-0.05, 0) is 44.2 Å². The third kappa shape index (κ3) is 3.46. The van der Waals surface area contributed by atoms with Gasteiger partial charge in [0.2, 0.25) is 5.43 Å². The van der Waals surface area contributed by atoms with Crippen molar-refractivity contribution in [3.63, 3.8) is 0 Å². The molecule has 1 heterocycles. The Morgan fingerprint density at radius 2 is 1.77 bits per heavy atom. The third-order valence-electron chi connectivity index (χ3n) is 3.92. The van der Waals surface area contributed by atoms with E-state index in [0.29, 0.717) is 22.0 Å². The minimum Gasteiger partial charge on any atom is -0.344 e. The third-order valence-corrected chi connectivity index (χ3v) is 4.15. The first kappa shape index (κ1) is 18.1. The van der Waals surface area contributed by atoms with Gasteiger partial charge >= 0.3 is 0 Å². The molecule has 0 bridgehead atoms. The van der Waals surface area contributed by atoms with Crippen LogP contribution in [0.25, 0.3) is 10.9 Å². The van der Waals surface area contributed by atoms with Crippen molar-refractivity contribution in [2.24, 2.45) is 0 Å². The second-order valence-corrected chi connectivity index (χ2v) is 6.58. The molecule has 0 radical (unpaired) electrons. The number of fused-ring (bicyclic) bond motifs is 1. The summed E-state index contributed by atoms with van der Waals surface area (Å²) in [6, 6.07) is 7.48. The Balaban J connectivity index is 2.13. The Hall–Kier alpha value is -2.73. The average Bonchev–Trinajstić information content (AvgIpc) is 2.54. The molecule has 0 aliphatic carbocycles. The highest BCUT2D eigenvalue weighted by Crippen LogP contribution is 2.21. The van der Waals surface area contributed by atoms with Crippen molar-refractivity contribution in [2.45, 2.75) is 19.9 Å². The second kappa shape index (κ2) is 6.88. The van der Waals surface area contributed by atoms with Crippen molar-refractivity contribution < 1.29 is 13.6 Å². The zero-order valence-electron chi connectivity index (χ0n) is 14.0. The number of halogens is 3. The summed E-state index contributed by atoms with van der Waals surface area (Å²) >= 11 is 5.99. The van der Waals surface area contributed by atoms with E-state index in [4.69, 9.17) is 11.6 Å². The smallest absolute Gasteiger partial charge is 0.261 e. The maximum Gasteiger partial charge on any atom is 0.261 e. The maximum atomic E-state index is 13.3. The summed E-state index contributed by atoms with van der Waals surface area (Å²) in [5.74, 6) is -2.41. The molecular formula is C19H15ClF2N2O2. The van der Waals surface area contributed by atoms with Crippen LogP contribution in [0.3, 0.4) is 0 Å². The normalized spacial score (nSPS) is 11.2. The van der Waals surface area contributed by atoms with Gasteiger partial charge < -0.3 is 9.88 Å². The van der Waals surface area contributed by atoms with Gasteiger partial charge in [0.1, 0.15) is 17.2 Å². The summed E-state index contributed by atoms with van der Waals surface area (Å²) in [6.07, 6.45) is 1.44. The zero-order valence-corrected chi connectivity index (χ0v) is 14.8. The van der Waals surface area contributed by atoms with Crippen LogP contribution in [0.5, 0.6) is 0 Å². The van der Waals surface area contributed by atoms with Crippen LogP contribution in [0.4, 0.5) is 14.5 Å². The number of nitrogens with one attached hydrogen (secondary N) is 1. The van der Waals surface area contributed by atoms with Gasteiger partial charge in [-0.2, -0.15) is 0 Å². The largest absolute Gasteiger partial charge is 0.344 e. The van der Waals surface area contributed by atoms with E-state index in [1.807, 2.05) is 13.8 Å². The Morgan fingerprint density at radius 3 is 2.38 bits per heavy atom. The molecular weight excluding hydrogens is 362 g/mol. The van der Waals surface area contributed by atoms with Crippen LogP contribution in [0, 0.1) is 11.6 Å². The lowest BCUT2D eigenvalue weighted by molar-refractivity contribution is 0.102. The van der Waals surface area contributed by atoms with Crippen molar-refractivity contribution in [1.82, 2.24) is 4.57 Å². The molecule has 1 amide bonds. The molecule has 134 valence electrons. The zero-order chi connectivity index (χ0) is 19.0. The van der Waals surface area contributed by atoms with Gasteiger partial charge in [-0.3, -0.25) is 9.59 Å². The van der Waals surface area contributed by atoms with Crippen molar-refractivity contribution in [2.75, 3.05) is 5.32 Å². The molecule has 7 heteroatoms. The number of pyridine rings is 1. The van der Waals surface area contributed by atoms with Crippen LogP contribution < -0.4 is 10.7 Å². The summed E-state index contributed by atoms with van der Waals surface area (Å²) in [7, 11) is 0. The fourth-order valence-electron chi connectivity index (χ4n) is 2.74. The number of anilines is 1. The van der Waals surface area contributed by atoms with Crippen LogP contribution in [0.2, 0.25) is 5.02 Å². The minimum absolute atomic E-state index is 0.0301. The van der Waals surface area contributed by atoms with Gasteiger partial charge in [0, 0.05) is 34.4 Å². The highest BCUT2D eigenvalue weighted by Gasteiger charge is 2.17. The van der Waals surface area contributed by atoms with Gasteiger partial charge in [0.25, 0.3) is 5.91 Å². The molecule has 0 fully saturated rings. The number of carbonyl (C=O) groups excluding carboxylic acids is 1. The number of hydrogen-bond acceptors (Lipinski definition) is 2. The number of aromatic nitrogens is 1. The number of hydrogen-bond donors (Lipinski definition) is 1. The standard InChI is InChI=1S/C19H15ClF2N2O2/c1-10(2)24-9-16(18(25)15-5-11(20)3-4-17(15)24)19(26)23-14-7-12(21)6-13(22)8-14/h3-10H,1-2H3,(H,23,26). The number of amides is 1. The molecule has 3 rings (SSSR count). The van der Waals surface area contributed by atoms with E-state index in [-0.39, 0.29) is 17.3 Å². The van der Waals surface area contributed by atoms with Crippen LogP contribution in [-0.2, 0) is 0 Å². The Bertz CT molecular complexity index is 1060. The molecule has 3 aromatic rings. The van der Waals surface area contributed by atoms with Crippen molar-refractivity contribution in [3.8, 4) is 0 Å². The highest BCUT2D eigenvalue weighted by atomic mass is 35.5. The van der Waals surface area contributed by atoms with Gasteiger partial charge in [-0.15, -0.1) is 0 Å². The molecule has 0 spiro atoms. The highest BCUT2D eigenvalue weighted by molar-refractivity contribution is 6.31. The monoisotopic (exact) mass is 376 g/mol. The molecule has 0 unspecified atom stereocenters. The van der Waals surface area contributed by atoms with Crippen molar-refractivity contribution >= 4 is 34.1 Å². The molecule has 4 nitrogen and oxygen atoms in total. The average molecular weight is 377 g/mol. The van der Waals surface area contributed by atoms with Gasteiger partial charge in [0.05, 0.1) is 5.52 Å². The molecule has 0 aliphatic heterocycles. The first-order valence-electron chi connectivity index (χ1n) is 7.88. The first-order valence-corrected chi connectivity index (χ1v) is 8.26. The van der Waals surface area contributed by atoms with Crippen LogP contribution in [0.15, 0.2) is 47.4 Å². The first-order chi connectivity index (χ1) is 12.3. The molecule has 0 saturated heterocycles. The summed E-state index contributed by atoms with van der Waals surface area (Å²) in [5.41, 5.74) is -0.0798. The van der Waals surface area contributed by atoms with E-state index in [2.05, 4.69) is 5.32 Å². The molecule has 0 atom stereocenters. The Labute approximate surface area is 153 Å². The molecule has 0 saturated carbocycles. The van der Waals surface area contributed by atoms with E-state index in [9.17, 15) is 18.4 Å². The molecule has 1 aromatic heterocycles. The molecule has 0 aliphatic rings. The maximum absolute atomic E-state index is 13.3. The number of carbonyl (C=O) groups is 1. The van der Waals surface area contributed by atoms with Crippen LogP contribution >= 0.6 is 11.6 Å². The number of benzene rings is 2. The lowest BCUT2D eigenvalue weighted by atomic mass is 10.1. The summed E-state index contributed by atoms with van der Waals surface area (Å²) in [6.45, 7) is 3.81. The molecule has 1 N–H and O–H groups in total. The van der Waals surface area contributed by atoms with E-state index < -0.39 is 23.0 Å². The van der Waals surface area contributed by atoms with E-state index in [1.54, 1.807) is 16.7 Å². The quantitative estimate of drug-likeness (QED) is 0.716. The van der Waals surface area contributed by atoms with Crippen molar-refractivity contribution in [1.29, 1.82) is 0 Å². The van der Waals surface area contributed by atoms with Crippen LogP contribution in [0.1, 0.15) is 30.2 Å². The lowest BCUT2D eigenvalue weighted by Crippen LogP contribution is -2.24. The topological polar surface area (TPSA) is 51.1 Å². The summed E-state index contributed by atoms with van der Waals surface area (Å²) in [5, 5.41) is 3.03. The number of rotatable bonds is 3. The fourth-order valence-corrected chi connectivity index (χ4v) is 2.91. The van der Waals surface area contributed by atoms with Gasteiger partial charge in [0.15, 0.2) is 0 Å². The van der Waals surface area contributed by atoms with Gasteiger partial charge in [-0.1, -0.05) is 11.6 Å². The summed E-state index contributed by atoms with van der Waals surface area (Å²) in [4.78, 5) is 25.3. The SMILES string of the molecule is CC(C)n1cc(C(=O)Nc2cc(F)cc(F)c2)c(=O)c2cc(Cl)ccc21. The Morgan fingerprint density at radius 1 is 1.12 bits per heavy atom. The predicted octanol–water partition coefficient (Wildman–Crippen LogP) is 4.77. The fraction of sp³-hybridized carbons (Fsp3) is 0.158. The lowest BCUT2D eigenvalue weighted by Gasteiger charge is -2.17. The predicted molar refractivity (Wildman–Crippen MR) is 97.9 cm³/mol. The second-order valence-electron chi connectivity index (χ2n) is 6.15. The molecule has 26 heavy (non-hydrogen) atoms. The molecule has 2 aromatic carbocycles. The van der Waals surface area contributed by atoms with E-state index in [1.165, 1.54) is 12.3 Å². The minimum atomic E-state index is -0.829. The number of nitrogens with zero attached hydrogens (tertiary/aromatic N) is 1.